The Hall–Kier alpha value is -1.88. The van der Waals surface area contributed by atoms with Crippen molar-refractivity contribution in [1.29, 1.82) is 0 Å². The number of pyridine rings is 1. The van der Waals surface area contributed by atoms with E-state index in [2.05, 4.69) is 21.4 Å². The van der Waals surface area contributed by atoms with Crippen LogP contribution in [0.3, 0.4) is 0 Å². The smallest absolute Gasteiger partial charge is 0.207 e. The van der Waals surface area contributed by atoms with Gasteiger partial charge in [-0.3, -0.25) is 9.55 Å². The molecule has 2 aromatic rings. The normalized spacial score (nSPS) is 10.6. The number of aromatic nitrogens is 3. The molecule has 0 aromatic carbocycles. The van der Waals surface area contributed by atoms with Crippen LogP contribution in [0.5, 0.6) is 0 Å². The van der Waals surface area contributed by atoms with E-state index in [1.807, 2.05) is 37.0 Å². The summed E-state index contributed by atoms with van der Waals surface area (Å²) in [5.41, 5.74) is 3.11. The van der Waals surface area contributed by atoms with Crippen molar-refractivity contribution in [3.05, 3.63) is 35.9 Å². The highest BCUT2D eigenvalue weighted by Crippen LogP contribution is 2.16. The molecule has 1 N–H and O–H groups in total. The Morgan fingerprint density at radius 1 is 1.33 bits per heavy atom. The van der Waals surface area contributed by atoms with Crippen molar-refractivity contribution in [3.63, 3.8) is 0 Å². The van der Waals surface area contributed by atoms with Crippen LogP contribution in [0.15, 0.2) is 24.7 Å². The van der Waals surface area contributed by atoms with E-state index in [4.69, 9.17) is 4.74 Å². The van der Waals surface area contributed by atoms with Gasteiger partial charge in [0.2, 0.25) is 5.95 Å². The van der Waals surface area contributed by atoms with Crippen LogP contribution in [-0.2, 0) is 4.74 Å². The van der Waals surface area contributed by atoms with Crippen LogP contribution in [0.2, 0.25) is 0 Å². The standard InChI is InChI=1S/C13H18N4O/c1-10-6-12(8-14-7-10)17-9-11(2)16-13(17)15-4-5-18-3/h6-9H,4-5H2,1-3H3,(H,15,16). The molecule has 2 aromatic heterocycles. The lowest BCUT2D eigenvalue weighted by Gasteiger charge is -2.09. The molecule has 0 saturated carbocycles. The van der Waals surface area contributed by atoms with Crippen molar-refractivity contribution in [1.82, 2.24) is 14.5 Å². The van der Waals surface area contributed by atoms with Crippen LogP contribution < -0.4 is 5.32 Å². The number of aryl methyl sites for hydroxylation is 2. The van der Waals surface area contributed by atoms with Gasteiger partial charge in [0.15, 0.2) is 0 Å². The first-order valence-electron chi connectivity index (χ1n) is 5.91. The third kappa shape index (κ3) is 2.87. The first-order valence-corrected chi connectivity index (χ1v) is 5.91. The lowest BCUT2D eigenvalue weighted by Crippen LogP contribution is -2.11. The Kier molecular flexibility index (Phi) is 3.94. The zero-order valence-electron chi connectivity index (χ0n) is 11.0. The fraction of sp³-hybridized carbons (Fsp3) is 0.385. The van der Waals surface area contributed by atoms with Gasteiger partial charge in [-0.15, -0.1) is 0 Å². The third-order valence-corrected chi connectivity index (χ3v) is 2.55. The molecule has 96 valence electrons. The largest absolute Gasteiger partial charge is 0.383 e. The van der Waals surface area contributed by atoms with Crippen molar-refractivity contribution >= 4 is 5.95 Å². The van der Waals surface area contributed by atoms with Gasteiger partial charge in [-0.05, 0) is 25.5 Å². The quantitative estimate of drug-likeness (QED) is 0.819. The second kappa shape index (κ2) is 5.64. The molecule has 5 nitrogen and oxygen atoms in total. The number of hydrogen-bond acceptors (Lipinski definition) is 4. The highest BCUT2D eigenvalue weighted by molar-refractivity contribution is 5.42. The van der Waals surface area contributed by atoms with E-state index >= 15 is 0 Å². The zero-order valence-corrected chi connectivity index (χ0v) is 11.0. The highest BCUT2D eigenvalue weighted by atomic mass is 16.5. The van der Waals surface area contributed by atoms with Gasteiger partial charge in [-0.1, -0.05) is 0 Å². The molecule has 0 aliphatic heterocycles. The molecule has 0 bridgehead atoms. The van der Waals surface area contributed by atoms with Gasteiger partial charge in [-0.2, -0.15) is 0 Å². The first-order chi connectivity index (χ1) is 8.70. The SMILES string of the molecule is COCCNc1nc(C)cn1-c1cncc(C)c1. The van der Waals surface area contributed by atoms with Crippen molar-refractivity contribution in [2.75, 3.05) is 25.6 Å². The fourth-order valence-corrected chi connectivity index (χ4v) is 1.75. The third-order valence-electron chi connectivity index (χ3n) is 2.55. The molecule has 0 amide bonds. The maximum absolute atomic E-state index is 5.02. The molecule has 5 heteroatoms. The number of nitrogens with zero attached hydrogens (tertiary/aromatic N) is 3. The first kappa shape index (κ1) is 12.6. The molecule has 0 spiro atoms. The second-order valence-corrected chi connectivity index (χ2v) is 4.22. The monoisotopic (exact) mass is 246 g/mol. The summed E-state index contributed by atoms with van der Waals surface area (Å²) < 4.78 is 7.03. The van der Waals surface area contributed by atoms with Gasteiger partial charge in [0, 0.05) is 26.0 Å². The van der Waals surface area contributed by atoms with Crippen LogP contribution in [0.4, 0.5) is 5.95 Å². The molecular formula is C13H18N4O. The van der Waals surface area contributed by atoms with Gasteiger partial charge < -0.3 is 10.1 Å². The lowest BCUT2D eigenvalue weighted by molar-refractivity contribution is 0.210. The maximum atomic E-state index is 5.02. The summed E-state index contributed by atoms with van der Waals surface area (Å²) in [7, 11) is 1.68. The number of nitrogens with one attached hydrogen (secondary N) is 1. The van der Waals surface area contributed by atoms with E-state index in [1.54, 1.807) is 7.11 Å². The second-order valence-electron chi connectivity index (χ2n) is 4.22. The molecule has 0 fully saturated rings. The van der Waals surface area contributed by atoms with E-state index in [1.165, 1.54) is 0 Å². The topological polar surface area (TPSA) is 52.0 Å². The summed E-state index contributed by atoms with van der Waals surface area (Å²) in [6.45, 7) is 5.38. The Bertz CT molecular complexity index is 521. The molecule has 0 saturated heterocycles. The number of imidazole rings is 1. The van der Waals surface area contributed by atoms with Crippen molar-refractivity contribution < 1.29 is 4.74 Å². The summed E-state index contributed by atoms with van der Waals surface area (Å²) in [5.74, 6) is 0.817. The maximum Gasteiger partial charge on any atom is 0.207 e. The van der Waals surface area contributed by atoms with Gasteiger partial charge in [0.25, 0.3) is 0 Å². The molecule has 0 aliphatic rings. The Morgan fingerprint density at radius 3 is 2.89 bits per heavy atom. The van der Waals surface area contributed by atoms with Crippen LogP contribution in [0.25, 0.3) is 5.69 Å². The Morgan fingerprint density at radius 2 is 2.17 bits per heavy atom. The number of hydrogen-bond donors (Lipinski definition) is 1. The summed E-state index contributed by atoms with van der Waals surface area (Å²) >= 11 is 0. The molecule has 0 radical (unpaired) electrons. The predicted octanol–water partition coefficient (Wildman–Crippen LogP) is 1.94. The lowest BCUT2D eigenvalue weighted by atomic mass is 10.3. The molecule has 2 rings (SSSR count). The number of methoxy groups -OCH3 is 1. The molecule has 0 atom stereocenters. The molecule has 0 aliphatic carbocycles. The van der Waals surface area contributed by atoms with Crippen LogP contribution >= 0.6 is 0 Å². The van der Waals surface area contributed by atoms with Gasteiger partial charge in [-0.25, -0.2) is 4.98 Å². The summed E-state index contributed by atoms with van der Waals surface area (Å²) in [6.07, 6.45) is 5.66. The van der Waals surface area contributed by atoms with E-state index < -0.39 is 0 Å². The summed E-state index contributed by atoms with van der Waals surface area (Å²) in [5, 5.41) is 3.25. The molecule has 0 unspecified atom stereocenters. The minimum atomic E-state index is 0.651. The Labute approximate surface area is 107 Å². The minimum absolute atomic E-state index is 0.651. The van der Waals surface area contributed by atoms with Gasteiger partial charge >= 0.3 is 0 Å². The molecular weight excluding hydrogens is 228 g/mol. The van der Waals surface area contributed by atoms with Crippen molar-refractivity contribution in [2.45, 2.75) is 13.8 Å². The van der Waals surface area contributed by atoms with Crippen LogP contribution in [0.1, 0.15) is 11.3 Å². The van der Waals surface area contributed by atoms with E-state index in [0.717, 1.165) is 29.4 Å². The number of rotatable bonds is 5. The average molecular weight is 246 g/mol. The van der Waals surface area contributed by atoms with Crippen LogP contribution in [0, 0.1) is 13.8 Å². The summed E-state index contributed by atoms with van der Waals surface area (Å²) in [6, 6.07) is 2.08. The number of anilines is 1. The number of ether oxygens (including phenoxy) is 1. The predicted molar refractivity (Wildman–Crippen MR) is 71.2 cm³/mol. The zero-order chi connectivity index (χ0) is 13.0. The van der Waals surface area contributed by atoms with Crippen molar-refractivity contribution in [3.8, 4) is 5.69 Å². The van der Waals surface area contributed by atoms with Gasteiger partial charge in [0.05, 0.1) is 24.2 Å². The van der Waals surface area contributed by atoms with Crippen molar-refractivity contribution in [2.24, 2.45) is 0 Å². The van der Waals surface area contributed by atoms with Gasteiger partial charge in [0.1, 0.15) is 0 Å². The molecule has 18 heavy (non-hydrogen) atoms. The minimum Gasteiger partial charge on any atom is -0.383 e. The average Bonchev–Trinajstić information content (AvgIpc) is 2.71. The molecule has 2 heterocycles. The fourth-order valence-electron chi connectivity index (χ4n) is 1.75. The van der Waals surface area contributed by atoms with E-state index in [-0.39, 0.29) is 0 Å². The van der Waals surface area contributed by atoms with E-state index in [0.29, 0.717) is 6.61 Å². The Balaban J connectivity index is 2.26. The van der Waals surface area contributed by atoms with E-state index in [9.17, 15) is 0 Å². The summed E-state index contributed by atoms with van der Waals surface area (Å²) in [4.78, 5) is 8.66. The highest BCUT2D eigenvalue weighted by Gasteiger charge is 2.07. The van der Waals surface area contributed by atoms with Crippen LogP contribution in [-0.4, -0.2) is 34.8 Å².